The monoisotopic (exact) mass is 401 g/mol. The molecule has 1 atom stereocenters. The van der Waals surface area contributed by atoms with Gasteiger partial charge >= 0.3 is 5.97 Å². The molecule has 0 unspecified atom stereocenters. The lowest BCUT2D eigenvalue weighted by Crippen LogP contribution is -2.43. The molecule has 1 saturated heterocycles. The van der Waals surface area contributed by atoms with Gasteiger partial charge < -0.3 is 9.64 Å². The van der Waals surface area contributed by atoms with Crippen LogP contribution in [0.1, 0.15) is 27.9 Å². The molecule has 148 valence electrons. The Kier molecular flexibility index (Phi) is 5.84. The van der Waals surface area contributed by atoms with Gasteiger partial charge in [-0.15, -0.1) is 0 Å². The SMILES string of the molecule is Cc1cc(C)cc(C(=O)OCC(=O)N(c2ccccc2)[C@@H]2CCS(=O)(=O)C2)c1. The summed E-state index contributed by atoms with van der Waals surface area (Å²) in [7, 11) is -3.17. The fourth-order valence-electron chi connectivity index (χ4n) is 3.50. The van der Waals surface area contributed by atoms with E-state index in [2.05, 4.69) is 0 Å². The van der Waals surface area contributed by atoms with E-state index < -0.39 is 34.4 Å². The van der Waals surface area contributed by atoms with Crippen molar-refractivity contribution in [1.29, 1.82) is 0 Å². The number of nitrogens with zero attached hydrogens (tertiary/aromatic N) is 1. The highest BCUT2D eigenvalue weighted by Gasteiger charge is 2.35. The molecule has 1 heterocycles. The molecule has 0 bridgehead atoms. The van der Waals surface area contributed by atoms with Gasteiger partial charge in [-0.3, -0.25) is 4.79 Å². The summed E-state index contributed by atoms with van der Waals surface area (Å²) in [5.41, 5.74) is 2.85. The van der Waals surface area contributed by atoms with Crippen molar-refractivity contribution < 1.29 is 22.7 Å². The third kappa shape index (κ3) is 4.78. The van der Waals surface area contributed by atoms with Gasteiger partial charge in [0.15, 0.2) is 16.4 Å². The largest absolute Gasteiger partial charge is 0.452 e. The molecule has 2 aromatic rings. The third-order valence-electron chi connectivity index (χ3n) is 4.66. The zero-order chi connectivity index (χ0) is 20.3. The summed E-state index contributed by atoms with van der Waals surface area (Å²) in [6.45, 7) is 3.32. The topological polar surface area (TPSA) is 80.8 Å². The lowest BCUT2D eigenvalue weighted by atomic mass is 10.1. The number of hydrogen-bond acceptors (Lipinski definition) is 5. The lowest BCUT2D eigenvalue weighted by Gasteiger charge is -2.28. The first kappa shape index (κ1) is 20.1. The van der Waals surface area contributed by atoms with E-state index in [1.54, 1.807) is 36.4 Å². The van der Waals surface area contributed by atoms with E-state index in [-0.39, 0.29) is 11.5 Å². The van der Waals surface area contributed by atoms with E-state index >= 15 is 0 Å². The van der Waals surface area contributed by atoms with Crippen LogP contribution in [0.15, 0.2) is 48.5 Å². The zero-order valence-corrected chi connectivity index (χ0v) is 16.7. The minimum absolute atomic E-state index is 0.0522. The molecule has 1 fully saturated rings. The van der Waals surface area contributed by atoms with Gasteiger partial charge in [-0.1, -0.05) is 35.4 Å². The van der Waals surface area contributed by atoms with Crippen molar-refractivity contribution in [3.05, 3.63) is 65.2 Å². The van der Waals surface area contributed by atoms with E-state index in [0.717, 1.165) is 11.1 Å². The predicted octanol–water partition coefficient (Wildman–Crippen LogP) is 2.68. The number of ether oxygens (including phenoxy) is 1. The summed E-state index contributed by atoms with van der Waals surface area (Å²) in [6, 6.07) is 13.8. The first-order valence-corrected chi connectivity index (χ1v) is 10.9. The molecular formula is C21H23NO5S. The fraction of sp³-hybridized carbons (Fsp3) is 0.333. The second kappa shape index (κ2) is 8.14. The summed E-state index contributed by atoms with van der Waals surface area (Å²) in [5.74, 6) is -1.05. The number of sulfone groups is 1. The average Bonchev–Trinajstić information content (AvgIpc) is 2.99. The number of amides is 1. The van der Waals surface area contributed by atoms with Gasteiger partial charge in [0.2, 0.25) is 0 Å². The number of carbonyl (C=O) groups is 2. The molecule has 1 aliphatic rings. The maximum absolute atomic E-state index is 12.9. The van der Waals surface area contributed by atoms with Crippen LogP contribution in [0.2, 0.25) is 0 Å². The van der Waals surface area contributed by atoms with Crippen molar-refractivity contribution in [1.82, 2.24) is 0 Å². The van der Waals surface area contributed by atoms with Crippen LogP contribution in [-0.2, 0) is 19.4 Å². The number of anilines is 1. The Balaban J connectivity index is 1.75. The first-order valence-electron chi connectivity index (χ1n) is 9.08. The van der Waals surface area contributed by atoms with Gasteiger partial charge in [0, 0.05) is 5.69 Å². The summed E-state index contributed by atoms with van der Waals surface area (Å²) < 4.78 is 29.0. The van der Waals surface area contributed by atoms with E-state index in [9.17, 15) is 18.0 Å². The average molecular weight is 401 g/mol. The van der Waals surface area contributed by atoms with Gasteiger partial charge in [0.25, 0.3) is 5.91 Å². The molecule has 2 aromatic carbocycles. The van der Waals surface area contributed by atoms with Gasteiger partial charge in [-0.05, 0) is 44.5 Å². The molecule has 3 rings (SSSR count). The number of esters is 1. The van der Waals surface area contributed by atoms with Crippen molar-refractivity contribution in [2.75, 3.05) is 23.0 Å². The molecule has 0 aromatic heterocycles. The quantitative estimate of drug-likeness (QED) is 0.720. The second-order valence-corrected chi connectivity index (χ2v) is 9.34. The molecule has 1 amide bonds. The fourth-order valence-corrected chi connectivity index (χ4v) is 5.20. The maximum atomic E-state index is 12.9. The highest BCUT2D eigenvalue weighted by molar-refractivity contribution is 7.91. The predicted molar refractivity (Wildman–Crippen MR) is 107 cm³/mol. The Morgan fingerprint density at radius 2 is 1.71 bits per heavy atom. The van der Waals surface area contributed by atoms with E-state index in [1.165, 1.54) is 4.90 Å². The molecule has 0 saturated carbocycles. The highest BCUT2D eigenvalue weighted by atomic mass is 32.2. The van der Waals surface area contributed by atoms with Crippen molar-refractivity contribution in [3.63, 3.8) is 0 Å². The van der Waals surface area contributed by atoms with Crippen molar-refractivity contribution >= 4 is 27.4 Å². The van der Waals surface area contributed by atoms with E-state index in [4.69, 9.17) is 4.74 Å². The molecule has 28 heavy (non-hydrogen) atoms. The Morgan fingerprint density at radius 1 is 1.07 bits per heavy atom. The summed E-state index contributed by atoms with van der Waals surface area (Å²) in [4.78, 5) is 26.7. The second-order valence-electron chi connectivity index (χ2n) is 7.11. The standard InChI is InChI=1S/C21H23NO5S/c1-15-10-16(2)12-17(11-15)21(24)27-13-20(23)22(18-6-4-3-5-7-18)19-8-9-28(25,26)14-19/h3-7,10-12,19H,8-9,13-14H2,1-2H3/t19-/m1/s1. The summed E-state index contributed by atoms with van der Waals surface area (Å²) in [5, 5.41) is 0. The molecular weight excluding hydrogens is 378 g/mol. The Bertz CT molecular complexity index is 965. The number of aryl methyl sites for hydroxylation is 2. The molecule has 0 N–H and O–H groups in total. The van der Waals surface area contributed by atoms with Crippen molar-refractivity contribution in [2.45, 2.75) is 26.3 Å². The van der Waals surface area contributed by atoms with Crippen LogP contribution in [0.5, 0.6) is 0 Å². The maximum Gasteiger partial charge on any atom is 0.338 e. The van der Waals surface area contributed by atoms with Crippen molar-refractivity contribution in [3.8, 4) is 0 Å². The van der Waals surface area contributed by atoms with E-state index in [1.807, 2.05) is 26.0 Å². The lowest BCUT2D eigenvalue weighted by molar-refractivity contribution is -0.122. The number of hydrogen-bond donors (Lipinski definition) is 0. The van der Waals surface area contributed by atoms with Crippen LogP contribution in [-0.4, -0.2) is 44.4 Å². The molecule has 0 spiro atoms. The van der Waals surface area contributed by atoms with Crippen LogP contribution >= 0.6 is 0 Å². The normalized spacial score (nSPS) is 17.9. The van der Waals surface area contributed by atoms with Crippen LogP contribution in [0.25, 0.3) is 0 Å². The summed E-state index contributed by atoms with van der Waals surface area (Å²) in [6.07, 6.45) is 0.369. The summed E-state index contributed by atoms with van der Waals surface area (Å²) >= 11 is 0. The number of benzene rings is 2. The third-order valence-corrected chi connectivity index (χ3v) is 6.41. The van der Waals surface area contributed by atoms with Gasteiger partial charge in [-0.2, -0.15) is 0 Å². The molecule has 0 aliphatic carbocycles. The van der Waals surface area contributed by atoms with Crippen LogP contribution < -0.4 is 4.90 Å². The van der Waals surface area contributed by atoms with Crippen LogP contribution in [0, 0.1) is 13.8 Å². The highest BCUT2D eigenvalue weighted by Crippen LogP contribution is 2.24. The minimum Gasteiger partial charge on any atom is -0.452 e. The van der Waals surface area contributed by atoms with Crippen LogP contribution in [0.4, 0.5) is 5.69 Å². The van der Waals surface area contributed by atoms with Crippen LogP contribution in [0.3, 0.4) is 0 Å². The van der Waals surface area contributed by atoms with E-state index in [0.29, 0.717) is 17.7 Å². The van der Waals surface area contributed by atoms with Gasteiger partial charge in [0.05, 0.1) is 23.1 Å². The zero-order valence-electron chi connectivity index (χ0n) is 15.9. The Labute approximate surface area is 165 Å². The smallest absolute Gasteiger partial charge is 0.338 e. The Morgan fingerprint density at radius 3 is 2.29 bits per heavy atom. The molecule has 7 heteroatoms. The van der Waals surface area contributed by atoms with Gasteiger partial charge in [-0.25, -0.2) is 13.2 Å². The number of rotatable bonds is 5. The van der Waals surface area contributed by atoms with Gasteiger partial charge in [0.1, 0.15) is 0 Å². The first-order chi connectivity index (χ1) is 13.2. The minimum atomic E-state index is -3.17. The molecule has 6 nitrogen and oxygen atoms in total. The Hall–Kier alpha value is -2.67. The number of carbonyl (C=O) groups excluding carboxylic acids is 2. The molecule has 1 aliphatic heterocycles. The number of para-hydroxylation sites is 1. The van der Waals surface area contributed by atoms with Crippen molar-refractivity contribution in [2.24, 2.45) is 0 Å². The molecule has 0 radical (unpaired) electrons.